The van der Waals surface area contributed by atoms with Crippen molar-refractivity contribution in [2.75, 3.05) is 14.2 Å². The van der Waals surface area contributed by atoms with Crippen molar-refractivity contribution in [1.29, 1.82) is 0 Å². The molecular weight excluding hydrogens is 296 g/mol. The highest BCUT2D eigenvalue weighted by Crippen LogP contribution is 2.16. The van der Waals surface area contributed by atoms with E-state index in [-0.39, 0.29) is 0 Å². The molecule has 0 saturated heterocycles. The molecule has 2 aromatic rings. The molecule has 0 amide bonds. The molecule has 0 atom stereocenters. The van der Waals surface area contributed by atoms with Crippen molar-refractivity contribution in [2.24, 2.45) is 4.99 Å². The number of benzene rings is 1. The third kappa shape index (κ3) is 4.46. The van der Waals surface area contributed by atoms with Crippen molar-refractivity contribution in [3.8, 4) is 5.75 Å². The lowest BCUT2D eigenvalue weighted by molar-refractivity contribution is 0.414. The molecule has 118 valence electrons. The van der Waals surface area contributed by atoms with Gasteiger partial charge < -0.3 is 15.4 Å². The molecule has 0 saturated carbocycles. The van der Waals surface area contributed by atoms with Gasteiger partial charge in [0, 0.05) is 18.5 Å². The third-order valence-electron chi connectivity index (χ3n) is 3.23. The smallest absolute Gasteiger partial charge is 0.191 e. The highest BCUT2D eigenvalue weighted by atomic mass is 32.1. The van der Waals surface area contributed by atoms with Crippen LogP contribution in [0, 0.1) is 13.8 Å². The number of aromatic nitrogens is 1. The summed E-state index contributed by atoms with van der Waals surface area (Å²) in [6.07, 6.45) is 0. The number of hydrogen-bond acceptors (Lipinski definition) is 4. The van der Waals surface area contributed by atoms with Gasteiger partial charge in [0.1, 0.15) is 5.75 Å². The van der Waals surface area contributed by atoms with E-state index in [0.717, 1.165) is 34.5 Å². The molecular formula is C16H22N4OS. The number of thiazole rings is 1. The number of rotatable bonds is 5. The molecule has 6 heteroatoms. The molecule has 0 aliphatic heterocycles. The maximum absolute atomic E-state index is 5.23. The Morgan fingerprint density at radius 2 is 2.05 bits per heavy atom. The zero-order valence-corrected chi connectivity index (χ0v) is 14.3. The van der Waals surface area contributed by atoms with Gasteiger partial charge in [-0.15, -0.1) is 11.3 Å². The fourth-order valence-corrected chi connectivity index (χ4v) is 2.97. The highest BCUT2D eigenvalue weighted by Gasteiger charge is 2.06. The Hall–Kier alpha value is -2.08. The van der Waals surface area contributed by atoms with E-state index >= 15 is 0 Å². The number of nitrogens with zero attached hydrogens (tertiary/aromatic N) is 2. The molecule has 1 aromatic carbocycles. The second-order valence-electron chi connectivity index (χ2n) is 4.87. The van der Waals surface area contributed by atoms with E-state index in [9.17, 15) is 0 Å². The Labute approximate surface area is 135 Å². The predicted octanol–water partition coefficient (Wildman–Crippen LogP) is 2.63. The van der Waals surface area contributed by atoms with Crippen molar-refractivity contribution in [3.05, 3.63) is 45.4 Å². The molecule has 0 bridgehead atoms. The van der Waals surface area contributed by atoms with E-state index < -0.39 is 0 Å². The molecule has 2 N–H and O–H groups in total. The van der Waals surface area contributed by atoms with E-state index in [0.29, 0.717) is 6.54 Å². The molecule has 1 aromatic heterocycles. The Bertz CT molecular complexity index is 651. The van der Waals surface area contributed by atoms with Crippen LogP contribution in [0.3, 0.4) is 0 Å². The average molecular weight is 318 g/mol. The lowest BCUT2D eigenvalue weighted by Gasteiger charge is -2.12. The molecule has 0 fully saturated rings. The Balaban J connectivity index is 1.88. The van der Waals surface area contributed by atoms with Gasteiger partial charge in [-0.3, -0.25) is 4.99 Å². The van der Waals surface area contributed by atoms with Crippen LogP contribution in [-0.4, -0.2) is 25.1 Å². The average Bonchev–Trinajstić information content (AvgIpc) is 2.85. The van der Waals surface area contributed by atoms with Gasteiger partial charge in [-0.1, -0.05) is 12.1 Å². The lowest BCUT2D eigenvalue weighted by atomic mass is 10.2. The summed E-state index contributed by atoms with van der Waals surface area (Å²) >= 11 is 1.71. The second-order valence-corrected chi connectivity index (χ2v) is 6.16. The molecule has 0 aliphatic rings. The number of hydrogen-bond donors (Lipinski definition) is 2. The summed E-state index contributed by atoms with van der Waals surface area (Å²) in [5, 5.41) is 7.71. The van der Waals surface area contributed by atoms with Gasteiger partial charge >= 0.3 is 0 Å². The maximum Gasteiger partial charge on any atom is 0.191 e. The first kappa shape index (κ1) is 16.3. The van der Waals surface area contributed by atoms with E-state index in [1.807, 2.05) is 32.0 Å². The summed E-state index contributed by atoms with van der Waals surface area (Å²) in [7, 11) is 3.44. The summed E-state index contributed by atoms with van der Waals surface area (Å²) in [4.78, 5) is 9.91. The summed E-state index contributed by atoms with van der Waals surface area (Å²) in [6.45, 7) is 5.48. The minimum Gasteiger partial charge on any atom is -0.497 e. The van der Waals surface area contributed by atoms with Gasteiger partial charge in [-0.25, -0.2) is 4.98 Å². The maximum atomic E-state index is 5.23. The lowest BCUT2D eigenvalue weighted by Crippen LogP contribution is -2.36. The van der Waals surface area contributed by atoms with Crippen molar-refractivity contribution in [1.82, 2.24) is 15.6 Å². The fourth-order valence-electron chi connectivity index (χ4n) is 2.09. The van der Waals surface area contributed by atoms with Crippen molar-refractivity contribution in [2.45, 2.75) is 26.9 Å². The van der Waals surface area contributed by atoms with Gasteiger partial charge in [-0.05, 0) is 31.5 Å². The number of aliphatic imine (C=N–C) groups is 1. The quantitative estimate of drug-likeness (QED) is 0.657. The number of guanidine groups is 1. The van der Waals surface area contributed by atoms with Gasteiger partial charge in [-0.2, -0.15) is 0 Å². The second kappa shape index (κ2) is 7.79. The molecule has 0 radical (unpaired) electrons. The van der Waals surface area contributed by atoms with E-state index in [1.165, 1.54) is 4.88 Å². The summed E-state index contributed by atoms with van der Waals surface area (Å²) < 4.78 is 5.23. The molecule has 5 nitrogen and oxygen atoms in total. The summed E-state index contributed by atoms with van der Waals surface area (Å²) in [5.41, 5.74) is 2.23. The fraction of sp³-hybridized carbons (Fsp3) is 0.375. The van der Waals surface area contributed by atoms with Crippen LogP contribution in [0.4, 0.5) is 0 Å². The molecule has 0 spiro atoms. The summed E-state index contributed by atoms with van der Waals surface area (Å²) in [5.74, 6) is 1.63. The van der Waals surface area contributed by atoms with Crippen molar-refractivity contribution in [3.63, 3.8) is 0 Å². The Morgan fingerprint density at radius 3 is 2.68 bits per heavy atom. The van der Waals surface area contributed by atoms with Crippen LogP contribution in [0.5, 0.6) is 5.75 Å². The van der Waals surface area contributed by atoms with Gasteiger partial charge in [0.05, 0.1) is 24.4 Å². The Morgan fingerprint density at radius 1 is 1.27 bits per heavy atom. The minimum absolute atomic E-state index is 0.692. The van der Waals surface area contributed by atoms with Crippen LogP contribution in [-0.2, 0) is 13.1 Å². The molecule has 0 unspecified atom stereocenters. The largest absolute Gasteiger partial charge is 0.497 e. The van der Waals surface area contributed by atoms with Crippen LogP contribution >= 0.6 is 11.3 Å². The molecule has 1 heterocycles. The van der Waals surface area contributed by atoms with Gasteiger partial charge in [0.15, 0.2) is 5.96 Å². The van der Waals surface area contributed by atoms with Crippen LogP contribution in [0.15, 0.2) is 29.3 Å². The van der Waals surface area contributed by atoms with Gasteiger partial charge in [0.2, 0.25) is 0 Å². The minimum atomic E-state index is 0.692. The molecule has 2 rings (SSSR count). The van der Waals surface area contributed by atoms with Crippen molar-refractivity contribution < 1.29 is 4.74 Å². The monoisotopic (exact) mass is 318 g/mol. The number of nitrogens with one attached hydrogen (secondary N) is 2. The zero-order chi connectivity index (χ0) is 15.9. The number of methoxy groups -OCH3 is 1. The first-order chi connectivity index (χ1) is 10.6. The normalized spacial score (nSPS) is 11.4. The van der Waals surface area contributed by atoms with Crippen LogP contribution in [0.2, 0.25) is 0 Å². The Kier molecular flexibility index (Phi) is 5.77. The van der Waals surface area contributed by atoms with Gasteiger partial charge in [0.25, 0.3) is 0 Å². The van der Waals surface area contributed by atoms with E-state index in [2.05, 4.69) is 26.7 Å². The predicted molar refractivity (Wildman–Crippen MR) is 91.6 cm³/mol. The first-order valence-electron chi connectivity index (χ1n) is 7.12. The number of ether oxygens (including phenoxy) is 1. The number of aryl methyl sites for hydroxylation is 2. The highest BCUT2D eigenvalue weighted by molar-refractivity contribution is 7.11. The SMILES string of the molecule is CN=C(NCc1cccc(OC)c1)NCc1sc(C)nc1C. The molecule has 22 heavy (non-hydrogen) atoms. The topological polar surface area (TPSA) is 58.5 Å². The zero-order valence-electron chi connectivity index (χ0n) is 13.4. The van der Waals surface area contributed by atoms with Crippen LogP contribution in [0.25, 0.3) is 0 Å². The van der Waals surface area contributed by atoms with Crippen LogP contribution < -0.4 is 15.4 Å². The standard InChI is InChI=1S/C16H22N4OS/c1-11-15(22-12(2)20-11)10-19-16(17-3)18-9-13-6-5-7-14(8-13)21-4/h5-8H,9-10H2,1-4H3,(H2,17,18,19). The van der Waals surface area contributed by atoms with E-state index in [1.54, 1.807) is 25.5 Å². The summed E-state index contributed by atoms with van der Waals surface area (Å²) in [6, 6.07) is 7.98. The van der Waals surface area contributed by atoms with Crippen molar-refractivity contribution >= 4 is 17.3 Å². The van der Waals surface area contributed by atoms with Crippen LogP contribution in [0.1, 0.15) is 21.1 Å². The third-order valence-corrected chi connectivity index (χ3v) is 4.31. The first-order valence-corrected chi connectivity index (χ1v) is 7.94. The molecule has 0 aliphatic carbocycles. The van der Waals surface area contributed by atoms with E-state index in [4.69, 9.17) is 4.74 Å².